The quantitative estimate of drug-likeness (QED) is 0.237. The molecule has 0 saturated heterocycles. The van der Waals surface area contributed by atoms with Gasteiger partial charge in [-0.3, -0.25) is 0 Å². The first-order valence-electron chi connectivity index (χ1n) is 8.38. The normalized spacial score (nSPS) is 13.8. The lowest BCUT2D eigenvalue weighted by atomic mass is 9.76. The number of ether oxygens (including phenoxy) is 1. The molecule has 0 rings (SSSR count). The lowest BCUT2D eigenvalue weighted by Crippen LogP contribution is -2.24. The van der Waals surface area contributed by atoms with Crippen LogP contribution < -0.4 is 0 Å². The van der Waals surface area contributed by atoms with Gasteiger partial charge in [0.1, 0.15) is 0 Å². The molecule has 27 heavy (non-hydrogen) atoms. The van der Waals surface area contributed by atoms with E-state index >= 15 is 0 Å². The van der Waals surface area contributed by atoms with Crippen LogP contribution >= 0.6 is 0 Å². The van der Waals surface area contributed by atoms with Crippen molar-refractivity contribution < 1.29 is 9.53 Å². The fraction of sp³-hybridized carbons (Fsp3) is 0.0800. The van der Waals surface area contributed by atoms with Gasteiger partial charge in [-0.25, -0.2) is 4.79 Å². The van der Waals surface area contributed by atoms with Gasteiger partial charge in [-0.1, -0.05) is 124 Å². The van der Waals surface area contributed by atoms with Gasteiger partial charge in [0, 0.05) is 0 Å². The van der Waals surface area contributed by atoms with E-state index in [1.165, 1.54) is 7.11 Å². The van der Waals surface area contributed by atoms with Gasteiger partial charge in [0.05, 0.1) is 18.1 Å². The predicted octanol–water partition coefficient (Wildman–Crippen LogP) is 6.15. The van der Waals surface area contributed by atoms with Gasteiger partial charge in [-0.15, -0.1) is 0 Å². The van der Waals surface area contributed by atoms with Gasteiger partial charge in [-0.05, 0) is 5.57 Å². The van der Waals surface area contributed by atoms with Gasteiger partial charge < -0.3 is 4.74 Å². The van der Waals surface area contributed by atoms with Crippen LogP contribution in [0.15, 0.2) is 135 Å². The minimum Gasteiger partial charge on any atom is -0.466 e. The van der Waals surface area contributed by atoms with Crippen molar-refractivity contribution in [2.24, 2.45) is 5.41 Å². The van der Waals surface area contributed by atoms with Crippen molar-refractivity contribution in [2.45, 2.75) is 0 Å². The van der Waals surface area contributed by atoms with Crippen LogP contribution in [0.1, 0.15) is 0 Å². The smallest absolute Gasteiger partial charge is 0.335 e. The van der Waals surface area contributed by atoms with Crippen LogP contribution in [0, 0.1) is 5.41 Å². The topological polar surface area (TPSA) is 26.3 Å². The van der Waals surface area contributed by atoms with E-state index in [1.54, 1.807) is 72.9 Å². The zero-order valence-corrected chi connectivity index (χ0v) is 16.0. The molecule has 2 heteroatoms. The Morgan fingerprint density at radius 2 is 1.07 bits per heavy atom. The summed E-state index contributed by atoms with van der Waals surface area (Å²) >= 11 is 0. The summed E-state index contributed by atoms with van der Waals surface area (Å²) in [6.45, 7) is 18.6. The molecule has 0 saturated carbocycles. The maximum Gasteiger partial charge on any atom is 0.335 e. The van der Waals surface area contributed by atoms with Crippen molar-refractivity contribution in [3.8, 4) is 0 Å². The summed E-state index contributed by atoms with van der Waals surface area (Å²) in [6.07, 6.45) is 26.2. The van der Waals surface area contributed by atoms with E-state index in [9.17, 15) is 4.79 Å². The second-order valence-electron chi connectivity index (χ2n) is 5.23. The first kappa shape index (κ1) is 23.6. The summed E-state index contributed by atoms with van der Waals surface area (Å²) in [5, 5.41) is 0. The molecule has 2 nitrogen and oxygen atoms in total. The molecule has 0 aliphatic rings. The molecule has 0 amide bonds. The number of hydrogen-bond donors (Lipinski definition) is 0. The molecular weight excluding hydrogens is 332 g/mol. The van der Waals surface area contributed by atoms with Gasteiger partial charge >= 0.3 is 5.97 Å². The van der Waals surface area contributed by atoms with Gasteiger partial charge in [0.2, 0.25) is 0 Å². The number of rotatable bonds is 12. The fourth-order valence-electron chi connectivity index (χ4n) is 2.31. The number of carbonyl (C=O) groups is 1. The number of hydrogen-bond acceptors (Lipinski definition) is 2. The molecule has 140 valence electrons. The Hall–Kier alpha value is -3.39. The molecule has 0 aromatic rings. The molecule has 0 aliphatic heterocycles. The van der Waals surface area contributed by atoms with E-state index in [2.05, 4.69) is 32.9 Å². The fourth-order valence-corrected chi connectivity index (χ4v) is 2.31. The van der Waals surface area contributed by atoms with Crippen molar-refractivity contribution in [3.63, 3.8) is 0 Å². The Balaban J connectivity index is 7.28. The molecule has 0 bridgehead atoms. The highest BCUT2D eigenvalue weighted by atomic mass is 16.5. The van der Waals surface area contributed by atoms with Gasteiger partial charge in [0.25, 0.3) is 0 Å². The summed E-state index contributed by atoms with van der Waals surface area (Å²) in [5.41, 5.74) is 0.156. The van der Waals surface area contributed by atoms with Crippen LogP contribution in [-0.4, -0.2) is 13.1 Å². The van der Waals surface area contributed by atoms with E-state index in [1.807, 2.05) is 18.2 Å². The first-order chi connectivity index (χ1) is 13.1. The summed E-state index contributed by atoms with van der Waals surface area (Å²) < 4.78 is 5.10. The Morgan fingerprint density at radius 1 is 0.704 bits per heavy atom. The minimum absolute atomic E-state index is 0.413. The van der Waals surface area contributed by atoms with Crippen LogP contribution in [0.5, 0.6) is 0 Å². The number of allylic oxidation sites excluding steroid dienone is 16. The van der Waals surface area contributed by atoms with Crippen molar-refractivity contribution >= 4 is 5.97 Å². The third-order valence-corrected chi connectivity index (χ3v) is 3.46. The first-order valence-corrected chi connectivity index (χ1v) is 8.38. The summed E-state index contributed by atoms with van der Waals surface area (Å²) in [4.78, 5) is 12.8. The molecule has 0 spiro atoms. The largest absolute Gasteiger partial charge is 0.466 e. The van der Waals surface area contributed by atoms with Crippen LogP contribution in [0.2, 0.25) is 0 Å². The second-order valence-corrected chi connectivity index (χ2v) is 5.23. The zero-order valence-electron chi connectivity index (χ0n) is 16.0. The van der Waals surface area contributed by atoms with Crippen molar-refractivity contribution in [2.75, 3.05) is 7.11 Å². The minimum atomic E-state index is -0.907. The summed E-state index contributed by atoms with van der Waals surface area (Å²) in [5.74, 6) is -0.469. The molecule has 0 aromatic carbocycles. The SMILES string of the molecule is C=CC=CC(C=CC=C)=C(C(=O)OC)C(C=CC=C)(C=CC=C)C=CC=C. The Bertz CT molecular complexity index is 669. The lowest BCUT2D eigenvalue weighted by molar-refractivity contribution is -0.136. The predicted molar refractivity (Wildman–Crippen MR) is 118 cm³/mol. The van der Waals surface area contributed by atoms with Crippen molar-refractivity contribution in [1.29, 1.82) is 0 Å². The molecule has 0 aromatic heterocycles. The average molecular weight is 360 g/mol. The summed E-state index contributed by atoms with van der Waals surface area (Å²) in [6, 6.07) is 0. The zero-order chi connectivity index (χ0) is 20.5. The van der Waals surface area contributed by atoms with Crippen LogP contribution in [0.4, 0.5) is 0 Å². The molecule has 0 fully saturated rings. The molecule has 0 atom stereocenters. The highest BCUT2D eigenvalue weighted by molar-refractivity contribution is 5.94. The van der Waals surface area contributed by atoms with E-state index in [4.69, 9.17) is 4.74 Å². The number of esters is 1. The lowest BCUT2D eigenvalue weighted by Gasteiger charge is -2.27. The molecule has 0 aliphatic carbocycles. The Morgan fingerprint density at radius 3 is 1.37 bits per heavy atom. The van der Waals surface area contributed by atoms with Gasteiger partial charge in [0.15, 0.2) is 0 Å². The maximum absolute atomic E-state index is 12.8. The van der Waals surface area contributed by atoms with Crippen LogP contribution in [0.3, 0.4) is 0 Å². The summed E-state index contributed by atoms with van der Waals surface area (Å²) in [7, 11) is 1.35. The number of methoxy groups -OCH3 is 1. The van der Waals surface area contributed by atoms with Crippen molar-refractivity contribution in [1.82, 2.24) is 0 Å². The average Bonchev–Trinajstić information content (AvgIpc) is 2.69. The van der Waals surface area contributed by atoms with Crippen LogP contribution in [0.25, 0.3) is 0 Å². The number of carbonyl (C=O) groups excluding carboxylic acids is 1. The standard InChI is InChI=1S/C25H28O2/c1-7-12-17-22(18-13-8-2)23(24(26)27-6)25(19-14-9-3,20-15-10-4)21-16-11-5/h7-21H,1-5H2,6H3. The van der Waals surface area contributed by atoms with Crippen LogP contribution in [-0.2, 0) is 9.53 Å². The van der Waals surface area contributed by atoms with E-state index < -0.39 is 11.4 Å². The Labute approximate surface area is 163 Å². The van der Waals surface area contributed by atoms with E-state index in [0.29, 0.717) is 11.1 Å². The molecule has 0 radical (unpaired) electrons. The van der Waals surface area contributed by atoms with E-state index in [0.717, 1.165) is 0 Å². The monoisotopic (exact) mass is 360 g/mol. The molecule has 0 heterocycles. The third kappa shape index (κ3) is 7.57. The van der Waals surface area contributed by atoms with E-state index in [-0.39, 0.29) is 0 Å². The third-order valence-electron chi connectivity index (χ3n) is 3.46. The Kier molecular flexibility index (Phi) is 12.1. The maximum atomic E-state index is 12.8. The molecular formula is C25H28O2. The second kappa shape index (κ2) is 13.9. The molecule has 0 unspecified atom stereocenters. The molecule has 0 N–H and O–H groups in total. The highest BCUT2D eigenvalue weighted by Gasteiger charge is 2.33. The highest BCUT2D eigenvalue weighted by Crippen LogP contribution is 2.37. The van der Waals surface area contributed by atoms with Gasteiger partial charge in [-0.2, -0.15) is 0 Å². The van der Waals surface area contributed by atoms with Crippen molar-refractivity contribution in [3.05, 3.63) is 135 Å².